The number of aromatic nitrogens is 2. The van der Waals surface area contributed by atoms with Gasteiger partial charge >= 0.3 is 0 Å². The summed E-state index contributed by atoms with van der Waals surface area (Å²) in [6.45, 7) is 7.13. The summed E-state index contributed by atoms with van der Waals surface area (Å²) in [4.78, 5) is 11.4. The van der Waals surface area contributed by atoms with Gasteiger partial charge in [0, 0.05) is 24.8 Å². The Labute approximate surface area is 112 Å². The zero-order valence-electron chi connectivity index (χ0n) is 10.8. The van der Waals surface area contributed by atoms with Crippen molar-refractivity contribution in [2.75, 3.05) is 37.5 Å². The van der Waals surface area contributed by atoms with Gasteiger partial charge in [-0.15, -0.1) is 6.58 Å². The molecule has 0 bridgehead atoms. The predicted molar refractivity (Wildman–Crippen MR) is 75.4 cm³/mol. The number of hydrogen-bond acceptors (Lipinski definition) is 5. The van der Waals surface area contributed by atoms with Crippen LogP contribution in [0.25, 0.3) is 0 Å². The second-order valence-electron chi connectivity index (χ2n) is 4.13. The van der Waals surface area contributed by atoms with Crippen LogP contribution in [0, 0.1) is 0 Å². The standard InChI is InChI=1S/C13H19N3OS/c1-3-4-5-11-10-12(15-13(14-11)18-2)16-6-8-17-9-7-16/h3,10H,1,4-9H2,2H3. The molecule has 1 saturated heterocycles. The van der Waals surface area contributed by atoms with Crippen LogP contribution in [0.1, 0.15) is 12.1 Å². The van der Waals surface area contributed by atoms with Crippen LogP contribution in [-0.2, 0) is 11.2 Å². The van der Waals surface area contributed by atoms with E-state index in [-0.39, 0.29) is 0 Å². The summed E-state index contributed by atoms with van der Waals surface area (Å²) in [6.07, 6.45) is 5.81. The lowest BCUT2D eigenvalue weighted by molar-refractivity contribution is 0.122. The molecule has 1 aliphatic rings. The largest absolute Gasteiger partial charge is 0.378 e. The molecule has 0 unspecified atom stereocenters. The number of allylic oxidation sites excluding steroid dienone is 1. The normalized spacial score (nSPS) is 15.7. The van der Waals surface area contributed by atoms with Crippen molar-refractivity contribution in [1.82, 2.24) is 9.97 Å². The third kappa shape index (κ3) is 3.46. The molecule has 0 N–H and O–H groups in total. The van der Waals surface area contributed by atoms with Crippen LogP contribution in [-0.4, -0.2) is 42.5 Å². The molecule has 2 rings (SSSR count). The van der Waals surface area contributed by atoms with Crippen LogP contribution in [0.15, 0.2) is 23.9 Å². The van der Waals surface area contributed by atoms with Gasteiger partial charge in [-0.3, -0.25) is 0 Å². The topological polar surface area (TPSA) is 38.2 Å². The Hall–Kier alpha value is -1.07. The Balaban J connectivity index is 2.19. The molecule has 0 amide bonds. The predicted octanol–water partition coefficient (Wildman–Crippen LogP) is 2.15. The molecule has 0 saturated carbocycles. The van der Waals surface area contributed by atoms with Crippen LogP contribution >= 0.6 is 11.8 Å². The highest BCUT2D eigenvalue weighted by atomic mass is 32.2. The SMILES string of the molecule is C=CCCc1cc(N2CCOCC2)nc(SC)n1. The van der Waals surface area contributed by atoms with Gasteiger partial charge in [0.25, 0.3) is 0 Å². The van der Waals surface area contributed by atoms with Gasteiger partial charge < -0.3 is 9.64 Å². The summed E-state index contributed by atoms with van der Waals surface area (Å²) in [5, 5.41) is 0.845. The van der Waals surface area contributed by atoms with E-state index in [2.05, 4.69) is 27.5 Å². The molecule has 1 aromatic heterocycles. The Kier molecular flexibility index (Phi) is 5.01. The van der Waals surface area contributed by atoms with Crippen molar-refractivity contribution in [3.8, 4) is 0 Å². The first-order valence-electron chi connectivity index (χ1n) is 6.19. The Bertz CT molecular complexity index is 405. The van der Waals surface area contributed by atoms with Gasteiger partial charge in [-0.25, -0.2) is 9.97 Å². The van der Waals surface area contributed by atoms with Gasteiger partial charge in [-0.2, -0.15) is 0 Å². The third-order valence-electron chi connectivity index (χ3n) is 2.87. The van der Waals surface area contributed by atoms with Crippen molar-refractivity contribution in [3.63, 3.8) is 0 Å². The maximum atomic E-state index is 5.37. The molecule has 1 aromatic rings. The van der Waals surface area contributed by atoms with Crippen molar-refractivity contribution in [3.05, 3.63) is 24.4 Å². The Morgan fingerprint density at radius 3 is 2.89 bits per heavy atom. The smallest absolute Gasteiger partial charge is 0.189 e. The molecule has 98 valence electrons. The van der Waals surface area contributed by atoms with Crippen molar-refractivity contribution in [2.45, 2.75) is 18.0 Å². The molecular weight excluding hydrogens is 246 g/mol. The first-order valence-corrected chi connectivity index (χ1v) is 7.41. The monoisotopic (exact) mass is 265 g/mol. The van der Waals surface area contributed by atoms with Crippen LogP contribution in [0.2, 0.25) is 0 Å². The first-order chi connectivity index (χ1) is 8.83. The highest BCUT2D eigenvalue weighted by Crippen LogP contribution is 2.19. The number of ether oxygens (including phenoxy) is 1. The molecule has 18 heavy (non-hydrogen) atoms. The number of morpholine rings is 1. The molecule has 1 aliphatic heterocycles. The van der Waals surface area contributed by atoms with E-state index in [1.54, 1.807) is 11.8 Å². The molecule has 2 heterocycles. The summed E-state index contributed by atoms with van der Waals surface area (Å²) < 4.78 is 5.37. The lowest BCUT2D eigenvalue weighted by atomic mass is 10.2. The number of anilines is 1. The number of rotatable bonds is 5. The van der Waals surface area contributed by atoms with E-state index < -0.39 is 0 Å². The minimum atomic E-state index is 0.778. The van der Waals surface area contributed by atoms with Gasteiger partial charge in [-0.1, -0.05) is 17.8 Å². The fourth-order valence-electron chi connectivity index (χ4n) is 1.88. The van der Waals surface area contributed by atoms with Crippen molar-refractivity contribution >= 4 is 17.6 Å². The van der Waals surface area contributed by atoms with Crippen LogP contribution < -0.4 is 4.90 Å². The second-order valence-corrected chi connectivity index (χ2v) is 4.90. The lowest BCUT2D eigenvalue weighted by Crippen LogP contribution is -2.37. The van der Waals surface area contributed by atoms with E-state index in [0.29, 0.717) is 0 Å². The lowest BCUT2D eigenvalue weighted by Gasteiger charge is -2.28. The number of hydrogen-bond donors (Lipinski definition) is 0. The zero-order chi connectivity index (χ0) is 12.8. The first kappa shape index (κ1) is 13.4. The Morgan fingerprint density at radius 1 is 1.44 bits per heavy atom. The summed E-state index contributed by atoms with van der Waals surface area (Å²) >= 11 is 1.59. The van der Waals surface area contributed by atoms with E-state index in [4.69, 9.17) is 4.74 Å². The van der Waals surface area contributed by atoms with Gasteiger partial charge in [0.05, 0.1) is 13.2 Å². The molecule has 0 aromatic carbocycles. The van der Waals surface area contributed by atoms with Crippen LogP contribution in [0.5, 0.6) is 0 Å². The van der Waals surface area contributed by atoms with Crippen molar-refractivity contribution in [2.24, 2.45) is 0 Å². The number of nitrogens with zero attached hydrogens (tertiary/aromatic N) is 3. The van der Waals surface area contributed by atoms with E-state index in [0.717, 1.165) is 55.8 Å². The average molecular weight is 265 g/mol. The summed E-state index contributed by atoms with van der Waals surface area (Å²) in [5.41, 5.74) is 1.09. The fourth-order valence-corrected chi connectivity index (χ4v) is 2.28. The van der Waals surface area contributed by atoms with Crippen molar-refractivity contribution in [1.29, 1.82) is 0 Å². The van der Waals surface area contributed by atoms with Gasteiger partial charge in [-0.05, 0) is 19.1 Å². The minimum Gasteiger partial charge on any atom is -0.378 e. The molecule has 0 aliphatic carbocycles. The average Bonchev–Trinajstić information content (AvgIpc) is 2.45. The second kappa shape index (κ2) is 6.75. The van der Waals surface area contributed by atoms with E-state index in [1.165, 1.54) is 0 Å². The highest BCUT2D eigenvalue weighted by molar-refractivity contribution is 7.98. The van der Waals surface area contributed by atoms with Gasteiger partial charge in [0.15, 0.2) is 5.16 Å². The molecule has 0 spiro atoms. The molecule has 0 radical (unpaired) electrons. The molecule has 4 nitrogen and oxygen atoms in total. The molecule has 5 heteroatoms. The van der Waals surface area contributed by atoms with Crippen LogP contribution in [0.3, 0.4) is 0 Å². The highest BCUT2D eigenvalue weighted by Gasteiger charge is 2.14. The van der Waals surface area contributed by atoms with Gasteiger partial charge in [0.1, 0.15) is 5.82 Å². The molecule has 1 fully saturated rings. The zero-order valence-corrected chi connectivity index (χ0v) is 11.6. The van der Waals surface area contributed by atoms with Crippen molar-refractivity contribution < 1.29 is 4.74 Å². The number of aryl methyl sites for hydroxylation is 1. The molecule has 0 atom stereocenters. The maximum Gasteiger partial charge on any atom is 0.189 e. The summed E-state index contributed by atoms with van der Waals surface area (Å²) in [5.74, 6) is 1.02. The Morgan fingerprint density at radius 2 is 2.22 bits per heavy atom. The van der Waals surface area contributed by atoms with E-state index >= 15 is 0 Å². The maximum absolute atomic E-state index is 5.37. The van der Waals surface area contributed by atoms with E-state index in [1.807, 2.05) is 12.3 Å². The summed E-state index contributed by atoms with van der Waals surface area (Å²) in [6, 6.07) is 2.09. The molecular formula is C13H19N3OS. The fraction of sp³-hybridized carbons (Fsp3) is 0.538. The van der Waals surface area contributed by atoms with Gasteiger partial charge in [0.2, 0.25) is 0 Å². The third-order valence-corrected chi connectivity index (χ3v) is 3.42. The van der Waals surface area contributed by atoms with Crippen LogP contribution in [0.4, 0.5) is 5.82 Å². The quantitative estimate of drug-likeness (QED) is 0.463. The van der Waals surface area contributed by atoms with E-state index in [9.17, 15) is 0 Å². The minimum absolute atomic E-state index is 0.778. The summed E-state index contributed by atoms with van der Waals surface area (Å²) in [7, 11) is 0. The number of thioether (sulfide) groups is 1.